The molecule has 0 atom stereocenters. The molecule has 1 aliphatic heterocycles. The number of benzene rings is 1. The molecule has 4 heterocycles. The van der Waals surface area contributed by atoms with E-state index in [1.54, 1.807) is 29.7 Å². The van der Waals surface area contributed by atoms with Crippen molar-refractivity contribution in [2.45, 2.75) is 25.8 Å². The average molecular weight is 406 g/mol. The maximum Gasteiger partial charge on any atom is 0.271 e. The van der Waals surface area contributed by atoms with Gasteiger partial charge in [0.05, 0.1) is 18.1 Å². The Balaban J connectivity index is 1.39. The lowest BCUT2D eigenvalue weighted by molar-refractivity contribution is 0.619. The molecule has 0 saturated heterocycles. The zero-order valence-corrected chi connectivity index (χ0v) is 16.5. The van der Waals surface area contributed by atoms with Crippen molar-refractivity contribution < 1.29 is 4.39 Å². The number of hydrogen-bond acceptors (Lipinski definition) is 5. The quantitative estimate of drug-likeness (QED) is 0.564. The van der Waals surface area contributed by atoms with E-state index in [-0.39, 0.29) is 11.4 Å². The number of nitrogens with zero attached hydrogens (tertiary/aromatic N) is 3. The standard InChI is InChI=1S/C22H19FN4OS/c23-15-2-4-16(25-12-15)3-1-14-9-22(28)27(26-11-14)17-5-6-18-19-7-8-24-13-21(19)29-20(18)10-17/h2,4-6,9-12,24H,1,3,7-8,13H2. The molecular formula is C22H19FN4OS. The minimum Gasteiger partial charge on any atom is -0.312 e. The van der Waals surface area contributed by atoms with Crippen molar-refractivity contribution in [1.82, 2.24) is 20.1 Å². The molecule has 1 N–H and O–H groups in total. The molecule has 1 aliphatic rings. The number of aryl methyl sites for hydroxylation is 2. The Morgan fingerprint density at radius 2 is 2.07 bits per heavy atom. The average Bonchev–Trinajstić information content (AvgIpc) is 3.11. The molecule has 5 rings (SSSR count). The molecule has 0 bridgehead atoms. The number of fused-ring (bicyclic) bond motifs is 3. The molecular weight excluding hydrogens is 387 g/mol. The van der Waals surface area contributed by atoms with Crippen LogP contribution in [-0.4, -0.2) is 21.3 Å². The Labute approximate surface area is 170 Å². The maximum atomic E-state index is 13.0. The summed E-state index contributed by atoms with van der Waals surface area (Å²) in [4.78, 5) is 18.1. The Bertz CT molecular complexity index is 1250. The normalized spacial score (nSPS) is 13.6. The van der Waals surface area contributed by atoms with Crippen molar-refractivity contribution in [3.63, 3.8) is 0 Å². The molecule has 29 heavy (non-hydrogen) atoms. The van der Waals surface area contributed by atoms with Gasteiger partial charge in [-0.3, -0.25) is 9.78 Å². The highest BCUT2D eigenvalue weighted by Crippen LogP contribution is 2.34. The molecule has 0 fully saturated rings. The van der Waals surface area contributed by atoms with Crippen molar-refractivity contribution in [3.05, 3.63) is 86.7 Å². The zero-order valence-electron chi connectivity index (χ0n) is 15.7. The summed E-state index contributed by atoms with van der Waals surface area (Å²) in [5.41, 5.74) is 3.69. The summed E-state index contributed by atoms with van der Waals surface area (Å²) in [5, 5.41) is 9.07. The number of thiophene rings is 1. The second-order valence-electron chi connectivity index (χ2n) is 7.19. The largest absolute Gasteiger partial charge is 0.312 e. The van der Waals surface area contributed by atoms with Gasteiger partial charge in [0.15, 0.2) is 0 Å². The number of aromatic nitrogens is 3. The van der Waals surface area contributed by atoms with E-state index in [0.717, 1.165) is 36.5 Å². The maximum absolute atomic E-state index is 13.0. The third kappa shape index (κ3) is 3.59. The number of nitrogens with one attached hydrogen (secondary N) is 1. The summed E-state index contributed by atoms with van der Waals surface area (Å²) >= 11 is 1.79. The van der Waals surface area contributed by atoms with Gasteiger partial charge in [-0.25, -0.2) is 4.39 Å². The predicted molar refractivity (Wildman–Crippen MR) is 112 cm³/mol. The van der Waals surface area contributed by atoms with Gasteiger partial charge in [-0.15, -0.1) is 11.3 Å². The van der Waals surface area contributed by atoms with Gasteiger partial charge in [0, 0.05) is 27.9 Å². The van der Waals surface area contributed by atoms with E-state index in [2.05, 4.69) is 27.5 Å². The molecule has 7 heteroatoms. The molecule has 146 valence electrons. The van der Waals surface area contributed by atoms with Crippen LogP contribution in [0.25, 0.3) is 15.8 Å². The number of pyridine rings is 1. The van der Waals surface area contributed by atoms with Crippen LogP contribution < -0.4 is 10.9 Å². The van der Waals surface area contributed by atoms with Crippen LogP contribution in [-0.2, 0) is 25.8 Å². The Morgan fingerprint density at radius 1 is 1.14 bits per heavy atom. The van der Waals surface area contributed by atoms with Crippen LogP contribution >= 0.6 is 11.3 Å². The molecule has 0 spiro atoms. The van der Waals surface area contributed by atoms with Crippen LogP contribution in [0.15, 0.2) is 53.6 Å². The van der Waals surface area contributed by atoms with Gasteiger partial charge < -0.3 is 5.32 Å². The molecule has 0 saturated carbocycles. The lowest BCUT2D eigenvalue weighted by atomic mass is 10.0. The first-order valence-electron chi connectivity index (χ1n) is 9.61. The van der Waals surface area contributed by atoms with E-state index in [9.17, 15) is 9.18 Å². The fourth-order valence-corrected chi connectivity index (χ4v) is 5.01. The molecule has 3 aromatic heterocycles. The highest BCUT2D eigenvalue weighted by atomic mass is 32.1. The number of rotatable bonds is 4. The van der Waals surface area contributed by atoms with Crippen LogP contribution in [0, 0.1) is 5.82 Å². The van der Waals surface area contributed by atoms with Gasteiger partial charge in [-0.05, 0) is 66.6 Å². The van der Waals surface area contributed by atoms with Gasteiger partial charge in [-0.2, -0.15) is 9.78 Å². The van der Waals surface area contributed by atoms with Gasteiger partial charge in [0.1, 0.15) is 5.82 Å². The van der Waals surface area contributed by atoms with E-state index in [0.29, 0.717) is 12.8 Å². The van der Waals surface area contributed by atoms with Gasteiger partial charge >= 0.3 is 0 Å². The van der Waals surface area contributed by atoms with E-state index in [4.69, 9.17) is 0 Å². The number of halogens is 1. The predicted octanol–water partition coefficient (Wildman–Crippen LogP) is 3.41. The summed E-state index contributed by atoms with van der Waals surface area (Å²) in [5.74, 6) is -0.349. The highest BCUT2D eigenvalue weighted by molar-refractivity contribution is 7.19. The van der Waals surface area contributed by atoms with Crippen molar-refractivity contribution in [1.29, 1.82) is 0 Å². The topological polar surface area (TPSA) is 59.8 Å². The minimum atomic E-state index is -0.349. The van der Waals surface area contributed by atoms with Crippen molar-refractivity contribution in [2.24, 2.45) is 0 Å². The van der Waals surface area contributed by atoms with E-state index in [1.165, 1.54) is 37.5 Å². The van der Waals surface area contributed by atoms with Gasteiger partial charge in [0.2, 0.25) is 0 Å². The summed E-state index contributed by atoms with van der Waals surface area (Å²) in [7, 11) is 0. The summed E-state index contributed by atoms with van der Waals surface area (Å²) in [6.07, 6.45) is 5.24. The molecule has 0 amide bonds. The van der Waals surface area contributed by atoms with Crippen molar-refractivity contribution in [2.75, 3.05) is 6.54 Å². The van der Waals surface area contributed by atoms with Gasteiger partial charge in [-0.1, -0.05) is 6.07 Å². The first-order chi connectivity index (χ1) is 14.2. The Hall–Kier alpha value is -2.90. The Morgan fingerprint density at radius 3 is 2.90 bits per heavy atom. The van der Waals surface area contributed by atoms with Crippen molar-refractivity contribution in [3.8, 4) is 5.69 Å². The minimum absolute atomic E-state index is 0.156. The van der Waals surface area contributed by atoms with E-state index >= 15 is 0 Å². The van der Waals surface area contributed by atoms with Crippen LogP contribution in [0.5, 0.6) is 0 Å². The fourth-order valence-electron chi connectivity index (χ4n) is 3.76. The highest BCUT2D eigenvalue weighted by Gasteiger charge is 2.16. The third-order valence-electron chi connectivity index (χ3n) is 5.26. The van der Waals surface area contributed by atoms with E-state index in [1.807, 2.05) is 6.07 Å². The second-order valence-corrected chi connectivity index (χ2v) is 8.33. The van der Waals surface area contributed by atoms with Gasteiger partial charge in [0.25, 0.3) is 5.56 Å². The van der Waals surface area contributed by atoms with Crippen molar-refractivity contribution >= 4 is 21.4 Å². The lowest BCUT2D eigenvalue weighted by Crippen LogP contribution is -2.22. The molecule has 4 aromatic rings. The SMILES string of the molecule is O=c1cc(CCc2ccc(F)cn2)cnn1-c1ccc2c3c(sc2c1)CNCC3. The van der Waals surface area contributed by atoms with Crippen LogP contribution in [0.4, 0.5) is 4.39 Å². The van der Waals surface area contributed by atoms with E-state index < -0.39 is 0 Å². The van der Waals surface area contributed by atoms with Crippen LogP contribution in [0.3, 0.4) is 0 Å². The summed E-state index contributed by atoms with van der Waals surface area (Å²) in [6.45, 7) is 1.93. The smallest absolute Gasteiger partial charge is 0.271 e. The first kappa shape index (κ1) is 18.1. The zero-order chi connectivity index (χ0) is 19.8. The monoisotopic (exact) mass is 406 g/mol. The molecule has 5 nitrogen and oxygen atoms in total. The number of hydrogen-bond donors (Lipinski definition) is 1. The second kappa shape index (κ2) is 7.50. The van der Waals surface area contributed by atoms with Crippen LogP contribution in [0.1, 0.15) is 21.7 Å². The third-order valence-corrected chi connectivity index (χ3v) is 6.45. The molecule has 0 aliphatic carbocycles. The first-order valence-corrected chi connectivity index (χ1v) is 10.4. The fraction of sp³-hybridized carbons (Fsp3) is 0.227. The summed E-state index contributed by atoms with van der Waals surface area (Å²) < 4.78 is 15.6. The molecule has 0 unspecified atom stereocenters. The van der Waals surface area contributed by atoms with Crippen LogP contribution in [0.2, 0.25) is 0 Å². The molecule has 1 aromatic carbocycles. The lowest BCUT2D eigenvalue weighted by Gasteiger charge is -2.12. The summed E-state index contributed by atoms with van der Waals surface area (Å²) in [6, 6.07) is 10.8. The molecule has 0 radical (unpaired) electrons. The Kier molecular flexibility index (Phi) is 4.69.